The zero-order chi connectivity index (χ0) is 17.8. The first-order chi connectivity index (χ1) is 12.1. The van der Waals surface area contributed by atoms with Crippen LogP contribution in [-0.4, -0.2) is 32.7 Å². The maximum Gasteiger partial charge on any atom is 0.294 e. The van der Waals surface area contributed by atoms with Crippen LogP contribution in [0.3, 0.4) is 0 Å². The molecule has 25 heavy (non-hydrogen) atoms. The lowest BCUT2D eigenvalue weighted by atomic mass is 10.1. The van der Waals surface area contributed by atoms with Gasteiger partial charge in [0.1, 0.15) is 0 Å². The fraction of sp³-hybridized carbons (Fsp3) is 0.118. The molecule has 0 fully saturated rings. The third kappa shape index (κ3) is 3.59. The van der Waals surface area contributed by atoms with E-state index in [9.17, 15) is 19.8 Å². The van der Waals surface area contributed by atoms with Gasteiger partial charge >= 0.3 is 0 Å². The number of aromatic hydroxyl groups is 1. The summed E-state index contributed by atoms with van der Waals surface area (Å²) in [6, 6.07) is 11.7. The van der Waals surface area contributed by atoms with Crippen molar-refractivity contribution in [3.8, 4) is 16.5 Å². The summed E-state index contributed by atoms with van der Waals surface area (Å²) in [6.45, 7) is -0.336. The van der Waals surface area contributed by atoms with Crippen LogP contribution in [0.25, 0.3) is 10.7 Å². The molecule has 1 aromatic carbocycles. The number of rotatable bonds is 5. The molecule has 3 rings (SSSR count). The lowest BCUT2D eigenvalue weighted by Crippen LogP contribution is -2.32. The van der Waals surface area contributed by atoms with E-state index in [-0.39, 0.29) is 18.1 Å². The fourth-order valence-electron chi connectivity index (χ4n) is 2.30. The lowest BCUT2D eigenvalue weighted by molar-refractivity contribution is 0.0907. The van der Waals surface area contributed by atoms with E-state index in [1.165, 1.54) is 11.3 Å². The van der Waals surface area contributed by atoms with Gasteiger partial charge in [-0.05, 0) is 17.0 Å². The third-order valence-corrected chi connectivity index (χ3v) is 4.43. The number of carbonyl (C=O) groups is 1. The molecule has 0 aliphatic carbocycles. The minimum absolute atomic E-state index is 0.197. The average Bonchev–Trinajstić information content (AvgIpc) is 3.17. The molecular weight excluding hydrogens is 342 g/mol. The number of aliphatic hydroxyl groups excluding tert-OH is 1. The van der Waals surface area contributed by atoms with Crippen molar-refractivity contribution in [2.75, 3.05) is 6.61 Å². The first kappa shape index (κ1) is 16.9. The van der Waals surface area contributed by atoms with Crippen molar-refractivity contribution in [2.24, 2.45) is 0 Å². The van der Waals surface area contributed by atoms with Crippen molar-refractivity contribution in [3.05, 3.63) is 69.5 Å². The lowest BCUT2D eigenvalue weighted by Gasteiger charge is -2.16. The van der Waals surface area contributed by atoms with E-state index >= 15 is 0 Å². The molecule has 0 saturated carbocycles. The SMILES string of the molecule is O=C(N[C@@H](CO)c1ccccc1)c1nc(-c2cccs2)[nH]c(=O)c1O. The van der Waals surface area contributed by atoms with Gasteiger partial charge in [-0.25, -0.2) is 4.98 Å². The van der Waals surface area contributed by atoms with Gasteiger partial charge in [0.15, 0.2) is 11.5 Å². The van der Waals surface area contributed by atoms with Crippen LogP contribution in [0.2, 0.25) is 0 Å². The number of amides is 1. The molecule has 0 aliphatic rings. The molecule has 0 saturated heterocycles. The molecule has 3 aromatic rings. The van der Waals surface area contributed by atoms with Crippen molar-refractivity contribution in [1.82, 2.24) is 15.3 Å². The minimum Gasteiger partial charge on any atom is -0.501 e. The van der Waals surface area contributed by atoms with Crippen molar-refractivity contribution in [3.63, 3.8) is 0 Å². The Morgan fingerprint density at radius 2 is 2.00 bits per heavy atom. The first-order valence-corrected chi connectivity index (χ1v) is 8.32. The van der Waals surface area contributed by atoms with Gasteiger partial charge in [0.25, 0.3) is 11.5 Å². The number of benzene rings is 1. The summed E-state index contributed by atoms with van der Waals surface area (Å²) in [5, 5.41) is 23.8. The van der Waals surface area contributed by atoms with E-state index in [4.69, 9.17) is 0 Å². The molecule has 0 spiro atoms. The standard InChI is InChI=1S/C17H15N3O4S/c21-9-11(10-5-2-1-3-6-10)18-16(23)13-14(22)17(24)20-15(19-13)12-7-4-8-25-12/h1-8,11,21-22H,9H2,(H,18,23)(H,19,20,24)/t11-/m0/s1. The topological polar surface area (TPSA) is 115 Å². The Hall–Kier alpha value is -2.97. The highest BCUT2D eigenvalue weighted by Gasteiger charge is 2.22. The van der Waals surface area contributed by atoms with Crippen molar-refractivity contribution in [2.45, 2.75) is 6.04 Å². The van der Waals surface area contributed by atoms with Gasteiger partial charge < -0.3 is 20.5 Å². The zero-order valence-electron chi connectivity index (χ0n) is 13.0. The zero-order valence-corrected chi connectivity index (χ0v) is 13.8. The molecule has 4 N–H and O–H groups in total. The van der Waals surface area contributed by atoms with E-state index in [0.29, 0.717) is 10.4 Å². The number of nitrogens with one attached hydrogen (secondary N) is 2. The maximum atomic E-state index is 12.5. The predicted molar refractivity (Wildman–Crippen MR) is 93.6 cm³/mol. The van der Waals surface area contributed by atoms with Gasteiger partial charge in [-0.1, -0.05) is 36.4 Å². The van der Waals surface area contributed by atoms with Crippen LogP contribution in [0.15, 0.2) is 52.6 Å². The van der Waals surface area contributed by atoms with Gasteiger partial charge in [-0.15, -0.1) is 11.3 Å². The summed E-state index contributed by atoms with van der Waals surface area (Å²) in [4.78, 5) is 31.6. The van der Waals surface area contributed by atoms with E-state index in [2.05, 4.69) is 15.3 Å². The fourth-order valence-corrected chi connectivity index (χ4v) is 2.97. The number of thiophene rings is 1. The Morgan fingerprint density at radius 3 is 2.64 bits per heavy atom. The molecule has 7 nitrogen and oxygen atoms in total. The van der Waals surface area contributed by atoms with Gasteiger partial charge in [0, 0.05) is 0 Å². The Morgan fingerprint density at radius 1 is 1.24 bits per heavy atom. The number of aliphatic hydroxyl groups is 1. The molecular formula is C17H15N3O4S. The molecule has 0 radical (unpaired) electrons. The minimum atomic E-state index is -0.802. The predicted octanol–water partition coefficient (Wildman–Crippen LogP) is 1.67. The maximum absolute atomic E-state index is 12.5. The van der Waals surface area contributed by atoms with Crippen LogP contribution in [0.1, 0.15) is 22.1 Å². The monoisotopic (exact) mass is 357 g/mol. The number of carbonyl (C=O) groups excluding carboxylic acids is 1. The van der Waals surface area contributed by atoms with Crippen LogP contribution in [0.5, 0.6) is 5.75 Å². The number of H-pyrrole nitrogens is 1. The van der Waals surface area contributed by atoms with Crippen LogP contribution >= 0.6 is 11.3 Å². The molecule has 0 aliphatic heterocycles. The number of aromatic amines is 1. The smallest absolute Gasteiger partial charge is 0.294 e. The van der Waals surface area contributed by atoms with Crippen LogP contribution in [0.4, 0.5) is 0 Å². The number of hydrogen-bond acceptors (Lipinski definition) is 6. The Kier molecular flexibility index (Phi) is 4.92. The first-order valence-electron chi connectivity index (χ1n) is 7.44. The van der Waals surface area contributed by atoms with Crippen LogP contribution < -0.4 is 10.9 Å². The van der Waals surface area contributed by atoms with Gasteiger partial charge in [-0.3, -0.25) is 9.59 Å². The highest BCUT2D eigenvalue weighted by Crippen LogP contribution is 2.22. The van der Waals surface area contributed by atoms with E-state index in [0.717, 1.165) is 0 Å². The Bertz CT molecular complexity index is 923. The van der Waals surface area contributed by atoms with Crippen molar-refractivity contribution < 1.29 is 15.0 Å². The molecule has 2 aromatic heterocycles. The number of aromatic nitrogens is 2. The third-order valence-electron chi connectivity index (χ3n) is 3.55. The van der Waals surface area contributed by atoms with Crippen molar-refractivity contribution >= 4 is 17.2 Å². The quantitative estimate of drug-likeness (QED) is 0.554. The van der Waals surface area contributed by atoms with Crippen molar-refractivity contribution in [1.29, 1.82) is 0 Å². The Balaban J connectivity index is 1.92. The Labute approximate surface area is 146 Å². The molecule has 8 heteroatoms. The van der Waals surface area contributed by atoms with E-state index in [1.54, 1.807) is 41.8 Å². The largest absolute Gasteiger partial charge is 0.501 e. The molecule has 1 atom stereocenters. The second-order valence-corrected chi connectivity index (χ2v) is 6.16. The van der Waals surface area contributed by atoms with Gasteiger partial charge in [-0.2, -0.15) is 0 Å². The molecule has 128 valence electrons. The summed E-state index contributed by atoms with van der Waals surface area (Å²) < 4.78 is 0. The average molecular weight is 357 g/mol. The molecule has 0 unspecified atom stereocenters. The highest BCUT2D eigenvalue weighted by molar-refractivity contribution is 7.13. The number of nitrogens with zero attached hydrogens (tertiary/aromatic N) is 1. The normalized spacial score (nSPS) is 11.9. The summed E-state index contributed by atoms with van der Waals surface area (Å²) in [5.74, 6) is -1.31. The van der Waals surface area contributed by atoms with Crippen LogP contribution in [-0.2, 0) is 0 Å². The second-order valence-electron chi connectivity index (χ2n) is 5.21. The number of hydrogen-bond donors (Lipinski definition) is 4. The molecule has 1 amide bonds. The summed E-state index contributed by atoms with van der Waals surface area (Å²) in [6.07, 6.45) is 0. The summed E-state index contributed by atoms with van der Waals surface area (Å²) in [7, 11) is 0. The van der Waals surface area contributed by atoms with E-state index < -0.39 is 23.3 Å². The highest BCUT2D eigenvalue weighted by atomic mass is 32.1. The van der Waals surface area contributed by atoms with E-state index in [1.807, 2.05) is 6.07 Å². The molecule has 0 bridgehead atoms. The van der Waals surface area contributed by atoms with Gasteiger partial charge in [0.2, 0.25) is 5.75 Å². The summed E-state index contributed by atoms with van der Waals surface area (Å²) in [5.41, 5.74) is -0.494. The second kappa shape index (κ2) is 7.29. The van der Waals surface area contributed by atoms with Gasteiger partial charge in [0.05, 0.1) is 17.5 Å². The molecule has 2 heterocycles. The summed E-state index contributed by atoms with van der Waals surface area (Å²) >= 11 is 1.34. The van der Waals surface area contributed by atoms with Crippen LogP contribution in [0, 0.1) is 0 Å².